The van der Waals surface area contributed by atoms with E-state index in [1.54, 1.807) is 17.0 Å². The number of amides is 1. The van der Waals surface area contributed by atoms with Gasteiger partial charge in [0.25, 0.3) is 0 Å². The summed E-state index contributed by atoms with van der Waals surface area (Å²) in [4.78, 5) is 13.9. The number of fused-ring (bicyclic) bond motifs is 1. The van der Waals surface area contributed by atoms with Gasteiger partial charge in [-0.3, -0.25) is 4.79 Å². The fourth-order valence-electron chi connectivity index (χ4n) is 3.00. The van der Waals surface area contributed by atoms with Crippen LogP contribution in [0.2, 0.25) is 0 Å². The minimum absolute atomic E-state index is 0.0927. The molecule has 3 rings (SSSR count). The molecule has 0 aliphatic carbocycles. The average Bonchev–Trinajstić information content (AvgIpc) is 2.86. The van der Waals surface area contributed by atoms with Crippen molar-refractivity contribution in [2.45, 2.75) is 31.1 Å². The van der Waals surface area contributed by atoms with Crippen molar-refractivity contribution in [2.24, 2.45) is 0 Å². The molecule has 0 N–H and O–H groups in total. The minimum Gasteiger partial charge on any atom is -0.490 e. The molecule has 2 aliphatic rings. The Hall–Kier alpha value is -1.80. The Bertz CT molecular complexity index is 727. The van der Waals surface area contributed by atoms with Gasteiger partial charge in [-0.2, -0.15) is 4.31 Å². The van der Waals surface area contributed by atoms with E-state index >= 15 is 0 Å². The summed E-state index contributed by atoms with van der Waals surface area (Å²) < 4.78 is 38.3. The standard InChI is InChI=1S/C17H24N2O5S/c1-2-4-17(20)18-7-9-19(10-8-18)25(21,22)14-5-6-15-16(13-14)24-12-3-11-23-15/h5-6,13H,2-4,7-12H2,1H3. The van der Waals surface area contributed by atoms with Crippen molar-refractivity contribution in [1.82, 2.24) is 9.21 Å². The van der Waals surface area contributed by atoms with Gasteiger partial charge in [-0.05, 0) is 18.6 Å². The Kier molecular flexibility index (Phi) is 5.48. The van der Waals surface area contributed by atoms with Crippen LogP contribution in [0, 0.1) is 0 Å². The van der Waals surface area contributed by atoms with Crippen LogP contribution in [0.1, 0.15) is 26.2 Å². The van der Waals surface area contributed by atoms with E-state index in [1.807, 2.05) is 6.92 Å². The molecular weight excluding hydrogens is 344 g/mol. The van der Waals surface area contributed by atoms with Crippen molar-refractivity contribution >= 4 is 15.9 Å². The molecule has 2 heterocycles. The van der Waals surface area contributed by atoms with Crippen LogP contribution in [-0.2, 0) is 14.8 Å². The smallest absolute Gasteiger partial charge is 0.243 e. The first-order chi connectivity index (χ1) is 12.0. The maximum absolute atomic E-state index is 12.9. The lowest BCUT2D eigenvalue weighted by molar-refractivity contribution is -0.132. The molecule has 0 atom stereocenters. The van der Waals surface area contributed by atoms with Crippen molar-refractivity contribution < 1.29 is 22.7 Å². The number of sulfonamides is 1. The fraction of sp³-hybridized carbons (Fsp3) is 0.588. The Morgan fingerprint density at radius 2 is 1.76 bits per heavy atom. The highest BCUT2D eigenvalue weighted by Gasteiger charge is 2.30. The highest BCUT2D eigenvalue weighted by Crippen LogP contribution is 2.33. The van der Waals surface area contributed by atoms with Gasteiger partial charge in [0.1, 0.15) is 0 Å². The number of hydrogen-bond acceptors (Lipinski definition) is 5. The lowest BCUT2D eigenvalue weighted by Crippen LogP contribution is -2.50. The lowest BCUT2D eigenvalue weighted by atomic mass is 10.2. The number of carbonyl (C=O) groups excluding carboxylic acids is 1. The molecule has 8 heteroatoms. The van der Waals surface area contributed by atoms with Gasteiger partial charge in [-0.25, -0.2) is 8.42 Å². The van der Waals surface area contributed by atoms with E-state index in [4.69, 9.17) is 9.47 Å². The van der Waals surface area contributed by atoms with Crippen molar-refractivity contribution in [3.05, 3.63) is 18.2 Å². The predicted molar refractivity (Wildman–Crippen MR) is 92.3 cm³/mol. The molecular formula is C17H24N2O5S. The van der Waals surface area contributed by atoms with Crippen LogP contribution < -0.4 is 9.47 Å². The molecule has 1 fully saturated rings. The minimum atomic E-state index is -3.61. The zero-order chi connectivity index (χ0) is 17.9. The van der Waals surface area contributed by atoms with E-state index < -0.39 is 10.0 Å². The number of rotatable bonds is 4. The maximum Gasteiger partial charge on any atom is 0.243 e. The van der Waals surface area contributed by atoms with Crippen molar-refractivity contribution in [3.8, 4) is 11.5 Å². The van der Waals surface area contributed by atoms with Gasteiger partial charge in [-0.1, -0.05) is 6.92 Å². The van der Waals surface area contributed by atoms with Crippen LogP contribution in [-0.4, -0.2) is 62.9 Å². The maximum atomic E-state index is 12.9. The van der Waals surface area contributed by atoms with Gasteiger partial charge in [0.2, 0.25) is 15.9 Å². The van der Waals surface area contributed by atoms with Crippen LogP contribution in [0.15, 0.2) is 23.1 Å². The van der Waals surface area contributed by atoms with E-state index in [0.29, 0.717) is 57.3 Å². The van der Waals surface area contributed by atoms with E-state index in [-0.39, 0.29) is 10.8 Å². The van der Waals surface area contributed by atoms with Gasteiger partial charge in [-0.15, -0.1) is 0 Å². The Morgan fingerprint density at radius 1 is 1.08 bits per heavy atom. The number of ether oxygens (including phenoxy) is 2. The summed E-state index contributed by atoms with van der Waals surface area (Å²) in [5, 5.41) is 0. The molecule has 0 bridgehead atoms. The molecule has 1 amide bonds. The monoisotopic (exact) mass is 368 g/mol. The van der Waals surface area contributed by atoms with Crippen molar-refractivity contribution in [1.29, 1.82) is 0 Å². The van der Waals surface area contributed by atoms with Crippen LogP contribution in [0.25, 0.3) is 0 Å². The second-order valence-electron chi connectivity index (χ2n) is 6.19. The van der Waals surface area contributed by atoms with E-state index in [0.717, 1.165) is 12.8 Å². The zero-order valence-electron chi connectivity index (χ0n) is 14.4. The van der Waals surface area contributed by atoms with E-state index in [2.05, 4.69) is 0 Å². The van der Waals surface area contributed by atoms with Gasteiger partial charge < -0.3 is 14.4 Å². The molecule has 138 valence electrons. The molecule has 0 aromatic heterocycles. The topological polar surface area (TPSA) is 76.2 Å². The van der Waals surface area contributed by atoms with Crippen LogP contribution in [0.4, 0.5) is 0 Å². The number of carbonyl (C=O) groups is 1. The highest BCUT2D eigenvalue weighted by atomic mass is 32.2. The number of nitrogens with zero attached hydrogens (tertiary/aromatic N) is 2. The Balaban J connectivity index is 1.72. The molecule has 0 saturated carbocycles. The molecule has 2 aliphatic heterocycles. The van der Waals surface area contributed by atoms with Crippen molar-refractivity contribution in [3.63, 3.8) is 0 Å². The summed E-state index contributed by atoms with van der Waals surface area (Å²) in [6.45, 7) is 4.52. The molecule has 0 unspecified atom stereocenters. The number of hydrogen-bond donors (Lipinski definition) is 0. The van der Waals surface area contributed by atoms with Gasteiger partial charge >= 0.3 is 0 Å². The van der Waals surface area contributed by atoms with Crippen molar-refractivity contribution in [2.75, 3.05) is 39.4 Å². The predicted octanol–water partition coefficient (Wildman–Crippen LogP) is 1.48. The second kappa shape index (κ2) is 7.61. The summed E-state index contributed by atoms with van der Waals surface area (Å²) in [5.74, 6) is 1.14. The Labute approximate surface area is 148 Å². The first-order valence-corrected chi connectivity index (χ1v) is 10.1. The van der Waals surface area contributed by atoms with Crippen LogP contribution in [0.5, 0.6) is 11.5 Å². The third-order valence-electron chi connectivity index (χ3n) is 4.41. The zero-order valence-corrected chi connectivity index (χ0v) is 15.3. The van der Waals surface area contributed by atoms with Crippen LogP contribution >= 0.6 is 0 Å². The molecule has 25 heavy (non-hydrogen) atoms. The first-order valence-electron chi connectivity index (χ1n) is 8.70. The largest absolute Gasteiger partial charge is 0.490 e. The quantitative estimate of drug-likeness (QED) is 0.805. The second-order valence-corrected chi connectivity index (χ2v) is 8.13. The van der Waals surface area contributed by atoms with Gasteiger partial charge in [0.05, 0.1) is 18.1 Å². The molecule has 7 nitrogen and oxygen atoms in total. The average molecular weight is 368 g/mol. The molecule has 0 radical (unpaired) electrons. The molecule has 1 aromatic carbocycles. The van der Waals surface area contributed by atoms with Crippen LogP contribution in [0.3, 0.4) is 0 Å². The normalized spacial score (nSPS) is 18.7. The summed E-state index contributed by atoms with van der Waals surface area (Å²) in [7, 11) is -3.61. The number of piperazine rings is 1. The van der Waals surface area contributed by atoms with E-state index in [1.165, 1.54) is 10.4 Å². The molecule has 0 spiro atoms. The summed E-state index contributed by atoms with van der Waals surface area (Å²) in [5.41, 5.74) is 0. The third-order valence-corrected chi connectivity index (χ3v) is 6.31. The van der Waals surface area contributed by atoms with Gasteiger partial charge in [0, 0.05) is 45.1 Å². The highest BCUT2D eigenvalue weighted by molar-refractivity contribution is 7.89. The third kappa shape index (κ3) is 3.90. The number of benzene rings is 1. The lowest BCUT2D eigenvalue weighted by Gasteiger charge is -2.34. The fourth-order valence-corrected chi connectivity index (χ4v) is 4.44. The summed E-state index contributed by atoms with van der Waals surface area (Å²) in [6.07, 6.45) is 2.08. The summed E-state index contributed by atoms with van der Waals surface area (Å²) >= 11 is 0. The Morgan fingerprint density at radius 3 is 2.44 bits per heavy atom. The SMILES string of the molecule is CCCC(=O)N1CCN(S(=O)(=O)c2ccc3c(c2)OCCCO3)CC1. The summed E-state index contributed by atoms with van der Waals surface area (Å²) in [6, 6.07) is 4.73. The molecule has 1 aromatic rings. The first kappa shape index (κ1) is 18.0. The van der Waals surface area contributed by atoms with Gasteiger partial charge in [0.15, 0.2) is 11.5 Å². The van der Waals surface area contributed by atoms with E-state index in [9.17, 15) is 13.2 Å². The molecule has 1 saturated heterocycles.